The van der Waals surface area contributed by atoms with E-state index in [1.165, 1.54) is 7.11 Å². The van der Waals surface area contributed by atoms with E-state index < -0.39 is 20.1 Å². The van der Waals surface area contributed by atoms with Gasteiger partial charge in [-0.25, -0.2) is 4.79 Å². The van der Waals surface area contributed by atoms with Gasteiger partial charge < -0.3 is 23.1 Å². The number of rotatable bonds is 6. The molecule has 1 aliphatic rings. The lowest BCUT2D eigenvalue weighted by Gasteiger charge is -2.41. The fraction of sp³-hybridized carbons (Fsp3) is 0.762. The minimum Gasteiger partial charge on any atom is -0.468 e. The Morgan fingerprint density at radius 2 is 1.75 bits per heavy atom. The zero-order valence-electron chi connectivity index (χ0n) is 18.9. The van der Waals surface area contributed by atoms with Crippen molar-refractivity contribution in [3.8, 4) is 0 Å². The molecule has 0 unspecified atom stereocenters. The molecule has 160 valence electrons. The maximum absolute atomic E-state index is 12.5. The van der Waals surface area contributed by atoms with Gasteiger partial charge in [-0.3, -0.25) is 0 Å². The Bertz CT molecular complexity index is 688. The maximum Gasteiger partial charge on any atom is 0.341 e. The first-order valence-corrected chi connectivity index (χ1v) is 12.7. The Balaban J connectivity index is 2.22. The summed E-state index contributed by atoms with van der Waals surface area (Å²) in [6.45, 7) is 18.4. The van der Waals surface area contributed by atoms with E-state index >= 15 is 0 Å². The van der Waals surface area contributed by atoms with Crippen LogP contribution in [0.15, 0.2) is 10.7 Å². The molecule has 1 saturated heterocycles. The van der Waals surface area contributed by atoms with Crippen LogP contribution in [0.25, 0.3) is 0 Å². The van der Waals surface area contributed by atoms with Crippen LogP contribution in [0.1, 0.15) is 63.2 Å². The van der Waals surface area contributed by atoms with E-state index in [2.05, 4.69) is 47.7 Å². The Hall–Kier alpha value is -1.15. The van der Waals surface area contributed by atoms with Crippen LogP contribution in [0.5, 0.6) is 0 Å². The summed E-state index contributed by atoms with van der Waals surface area (Å²) in [5.41, 5.74) is 1.08. The zero-order chi connectivity index (χ0) is 21.4. The fourth-order valence-electron chi connectivity index (χ4n) is 2.67. The van der Waals surface area contributed by atoms with Gasteiger partial charge in [0.15, 0.2) is 14.1 Å². The quantitative estimate of drug-likeness (QED) is 0.488. The number of esters is 1. The van der Waals surface area contributed by atoms with Gasteiger partial charge in [-0.15, -0.1) is 0 Å². The van der Waals surface area contributed by atoms with Gasteiger partial charge >= 0.3 is 5.97 Å². The zero-order valence-corrected chi connectivity index (χ0v) is 19.9. The molecule has 0 radical (unpaired) electrons. The van der Waals surface area contributed by atoms with Crippen molar-refractivity contribution in [1.82, 2.24) is 0 Å². The maximum atomic E-state index is 12.5. The summed E-state index contributed by atoms with van der Waals surface area (Å²) < 4.78 is 29.0. The van der Waals surface area contributed by atoms with Crippen LogP contribution in [-0.2, 0) is 31.7 Å². The van der Waals surface area contributed by atoms with Crippen LogP contribution in [0, 0.1) is 5.41 Å². The minimum absolute atomic E-state index is 0.0317. The van der Waals surface area contributed by atoms with Crippen molar-refractivity contribution >= 4 is 14.3 Å². The van der Waals surface area contributed by atoms with Gasteiger partial charge in [0.2, 0.25) is 0 Å². The van der Waals surface area contributed by atoms with Crippen LogP contribution in [-0.4, -0.2) is 40.4 Å². The van der Waals surface area contributed by atoms with Crippen molar-refractivity contribution in [2.45, 2.75) is 78.5 Å². The minimum atomic E-state index is -1.96. The largest absolute Gasteiger partial charge is 0.468 e. The van der Waals surface area contributed by atoms with Crippen LogP contribution >= 0.6 is 0 Å². The van der Waals surface area contributed by atoms with Crippen molar-refractivity contribution in [3.63, 3.8) is 0 Å². The third-order valence-electron chi connectivity index (χ3n) is 5.75. The highest BCUT2D eigenvalue weighted by Gasteiger charge is 2.40. The lowest BCUT2D eigenvalue weighted by molar-refractivity contribution is -0.289. The molecule has 0 bridgehead atoms. The number of carbonyl (C=O) groups excluding carboxylic acids is 1. The van der Waals surface area contributed by atoms with Crippen molar-refractivity contribution in [3.05, 3.63) is 23.2 Å². The molecule has 0 spiro atoms. The molecule has 1 aliphatic heterocycles. The first-order valence-electron chi connectivity index (χ1n) is 9.79. The molecule has 0 atom stereocenters. The summed E-state index contributed by atoms with van der Waals surface area (Å²) >= 11 is 0. The molecule has 28 heavy (non-hydrogen) atoms. The van der Waals surface area contributed by atoms with Crippen molar-refractivity contribution in [1.29, 1.82) is 0 Å². The van der Waals surface area contributed by atoms with Gasteiger partial charge in [-0.05, 0) is 25.1 Å². The average Bonchev–Trinajstić information content (AvgIpc) is 2.97. The van der Waals surface area contributed by atoms with Gasteiger partial charge in [0, 0.05) is 11.0 Å². The predicted molar refractivity (Wildman–Crippen MR) is 110 cm³/mol. The molecule has 2 heterocycles. The molecule has 1 fully saturated rings. The molecule has 2 rings (SSSR count). The Kier molecular flexibility index (Phi) is 6.55. The molecule has 0 aliphatic carbocycles. The van der Waals surface area contributed by atoms with Crippen molar-refractivity contribution in [2.75, 3.05) is 20.3 Å². The lowest BCUT2D eigenvalue weighted by atomic mass is 9.94. The first-order chi connectivity index (χ1) is 12.7. The number of hydrogen-bond acceptors (Lipinski definition) is 6. The molecule has 1 aromatic heterocycles. The molecule has 1 aromatic rings. The van der Waals surface area contributed by atoms with E-state index in [1.54, 1.807) is 6.26 Å². The average molecular weight is 413 g/mol. The van der Waals surface area contributed by atoms with Gasteiger partial charge in [0.05, 0.1) is 39.6 Å². The van der Waals surface area contributed by atoms with Gasteiger partial charge in [-0.1, -0.05) is 34.6 Å². The standard InChI is InChI=1S/C21H36O6Si/c1-19(2,3)28(8,9)27-12-15-11-24-16(17(15)18(22)23-7)10-21(6)25-13-20(4,5)14-26-21/h11H,10,12-14H2,1-9H3. The second kappa shape index (κ2) is 7.93. The highest BCUT2D eigenvalue weighted by atomic mass is 28.4. The van der Waals surface area contributed by atoms with Gasteiger partial charge in [-0.2, -0.15) is 0 Å². The second-order valence-electron chi connectivity index (χ2n) is 10.2. The van der Waals surface area contributed by atoms with E-state index in [4.69, 9.17) is 23.1 Å². The fourth-order valence-corrected chi connectivity index (χ4v) is 3.62. The number of furan rings is 1. The lowest BCUT2D eigenvalue weighted by Crippen LogP contribution is -2.47. The summed E-state index contributed by atoms with van der Waals surface area (Å²) in [6, 6.07) is 0. The molecule has 0 N–H and O–H groups in total. The monoisotopic (exact) mass is 412 g/mol. The topological polar surface area (TPSA) is 67.1 Å². The van der Waals surface area contributed by atoms with E-state index in [9.17, 15) is 4.79 Å². The van der Waals surface area contributed by atoms with E-state index in [1.807, 2.05) is 6.92 Å². The van der Waals surface area contributed by atoms with Crippen LogP contribution in [0.4, 0.5) is 0 Å². The van der Waals surface area contributed by atoms with Crippen molar-refractivity contribution in [2.24, 2.45) is 5.41 Å². The molecular formula is C21H36O6Si. The molecular weight excluding hydrogens is 376 g/mol. The number of ether oxygens (including phenoxy) is 3. The van der Waals surface area contributed by atoms with Crippen LogP contribution in [0.2, 0.25) is 18.1 Å². The molecule has 6 nitrogen and oxygen atoms in total. The first kappa shape index (κ1) is 23.1. The summed E-state index contributed by atoms with van der Waals surface area (Å²) in [4.78, 5) is 12.5. The normalized spacial score (nSPS) is 19.5. The molecule has 0 aromatic carbocycles. The highest BCUT2D eigenvalue weighted by Crippen LogP contribution is 2.38. The molecule has 0 amide bonds. The summed E-state index contributed by atoms with van der Waals surface area (Å²) in [5.74, 6) is -0.770. The van der Waals surface area contributed by atoms with Gasteiger partial charge in [0.25, 0.3) is 0 Å². The smallest absolute Gasteiger partial charge is 0.341 e. The highest BCUT2D eigenvalue weighted by molar-refractivity contribution is 6.74. The Morgan fingerprint density at radius 3 is 2.25 bits per heavy atom. The molecule has 0 saturated carbocycles. The molecule has 7 heteroatoms. The van der Waals surface area contributed by atoms with Crippen LogP contribution < -0.4 is 0 Å². The summed E-state index contributed by atoms with van der Waals surface area (Å²) in [5, 5.41) is 0.0784. The number of carbonyl (C=O) groups is 1. The van der Waals surface area contributed by atoms with Crippen LogP contribution in [0.3, 0.4) is 0 Å². The summed E-state index contributed by atoms with van der Waals surface area (Å²) in [6.07, 6.45) is 1.92. The number of hydrogen-bond donors (Lipinski definition) is 0. The second-order valence-corrected chi connectivity index (χ2v) is 15.0. The SMILES string of the molecule is COC(=O)c1c(CO[Si](C)(C)C(C)(C)C)coc1CC1(C)OCC(C)(C)CO1. The van der Waals surface area contributed by atoms with E-state index in [0.717, 1.165) is 0 Å². The van der Waals surface area contributed by atoms with Gasteiger partial charge in [0.1, 0.15) is 11.3 Å². The Labute approximate surface area is 170 Å². The van der Waals surface area contributed by atoms with E-state index in [0.29, 0.717) is 43.1 Å². The third-order valence-corrected chi connectivity index (χ3v) is 10.2. The Morgan fingerprint density at radius 1 is 1.18 bits per heavy atom. The summed E-state index contributed by atoms with van der Waals surface area (Å²) in [7, 11) is -0.592. The third kappa shape index (κ3) is 5.26. The predicted octanol–water partition coefficient (Wildman–Crippen LogP) is 4.92. The van der Waals surface area contributed by atoms with Crippen molar-refractivity contribution < 1.29 is 27.8 Å². The number of methoxy groups -OCH3 is 1. The van der Waals surface area contributed by atoms with E-state index in [-0.39, 0.29) is 10.5 Å².